The Labute approximate surface area is 104 Å². The van der Waals surface area contributed by atoms with Gasteiger partial charge in [0, 0.05) is 12.1 Å². The first kappa shape index (κ1) is 11.0. The number of aliphatic hydroxyl groups is 1. The molecular formula is C11H14ClN3O2. The Morgan fingerprint density at radius 1 is 1.53 bits per heavy atom. The SMILES string of the molecule is CC1(O)CC(N2CCOc3cc(Cl)nnc32)C1. The van der Waals surface area contributed by atoms with Crippen LogP contribution in [0.1, 0.15) is 19.8 Å². The van der Waals surface area contributed by atoms with Gasteiger partial charge in [-0.25, -0.2) is 0 Å². The van der Waals surface area contributed by atoms with Gasteiger partial charge in [-0.15, -0.1) is 10.2 Å². The third-order valence-corrected chi connectivity index (χ3v) is 3.55. The van der Waals surface area contributed by atoms with Crippen LogP contribution in [0.4, 0.5) is 5.82 Å². The maximum absolute atomic E-state index is 9.79. The molecule has 1 aromatic heterocycles. The Bertz CT molecular complexity index is 444. The van der Waals surface area contributed by atoms with Gasteiger partial charge in [-0.2, -0.15) is 0 Å². The molecule has 0 unspecified atom stereocenters. The van der Waals surface area contributed by atoms with E-state index >= 15 is 0 Å². The Balaban J connectivity index is 1.85. The molecule has 1 fully saturated rings. The molecule has 1 aliphatic carbocycles. The number of nitrogens with zero attached hydrogens (tertiary/aromatic N) is 3. The lowest BCUT2D eigenvalue weighted by Crippen LogP contribution is -2.55. The molecule has 0 spiro atoms. The van der Waals surface area contributed by atoms with Crippen molar-refractivity contribution in [1.82, 2.24) is 10.2 Å². The summed E-state index contributed by atoms with van der Waals surface area (Å²) >= 11 is 5.78. The van der Waals surface area contributed by atoms with E-state index in [1.165, 1.54) is 0 Å². The monoisotopic (exact) mass is 255 g/mol. The van der Waals surface area contributed by atoms with Crippen molar-refractivity contribution in [3.63, 3.8) is 0 Å². The highest BCUT2D eigenvalue weighted by molar-refractivity contribution is 6.29. The molecule has 0 atom stereocenters. The lowest BCUT2D eigenvalue weighted by molar-refractivity contribution is -0.0323. The maximum Gasteiger partial charge on any atom is 0.194 e. The first-order chi connectivity index (χ1) is 8.05. The molecule has 1 saturated carbocycles. The van der Waals surface area contributed by atoms with E-state index in [1.807, 2.05) is 6.92 Å². The average Bonchev–Trinajstić information content (AvgIpc) is 2.24. The molecular weight excluding hydrogens is 242 g/mol. The Morgan fingerprint density at radius 2 is 2.29 bits per heavy atom. The summed E-state index contributed by atoms with van der Waals surface area (Å²) in [6, 6.07) is 2.01. The van der Waals surface area contributed by atoms with Crippen molar-refractivity contribution in [3.05, 3.63) is 11.2 Å². The van der Waals surface area contributed by atoms with Crippen molar-refractivity contribution in [2.45, 2.75) is 31.4 Å². The molecule has 1 aliphatic heterocycles. The van der Waals surface area contributed by atoms with Crippen LogP contribution in [0.15, 0.2) is 6.07 Å². The zero-order chi connectivity index (χ0) is 12.0. The predicted molar refractivity (Wildman–Crippen MR) is 63.5 cm³/mol. The number of ether oxygens (including phenoxy) is 1. The van der Waals surface area contributed by atoms with E-state index in [0.717, 1.165) is 25.2 Å². The topological polar surface area (TPSA) is 58.5 Å². The van der Waals surface area contributed by atoms with E-state index in [0.29, 0.717) is 23.6 Å². The van der Waals surface area contributed by atoms with Gasteiger partial charge < -0.3 is 14.7 Å². The highest BCUT2D eigenvalue weighted by Gasteiger charge is 2.43. The zero-order valence-corrected chi connectivity index (χ0v) is 10.3. The van der Waals surface area contributed by atoms with Gasteiger partial charge in [0.05, 0.1) is 12.1 Å². The van der Waals surface area contributed by atoms with E-state index < -0.39 is 5.60 Å². The third-order valence-electron chi connectivity index (χ3n) is 3.36. The molecule has 5 nitrogen and oxygen atoms in total. The summed E-state index contributed by atoms with van der Waals surface area (Å²) in [5, 5.41) is 18.1. The van der Waals surface area contributed by atoms with Crippen molar-refractivity contribution in [2.75, 3.05) is 18.1 Å². The Hall–Kier alpha value is -1.07. The number of aromatic nitrogens is 2. The van der Waals surface area contributed by atoms with Crippen molar-refractivity contribution >= 4 is 17.4 Å². The van der Waals surface area contributed by atoms with Crippen LogP contribution in [-0.2, 0) is 0 Å². The molecule has 17 heavy (non-hydrogen) atoms. The van der Waals surface area contributed by atoms with Crippen molar-refractivity contribution in [1.29, 1.82) is 0 Å². The van der Waals surface area contributed by atoms with E-state index in [4.69, 9.17) is 16.3 Å². The lowest BCUT2D eigenvalue weighted by atomic mass is 9.76. The first-order valence-electron chi connectivity index (χ1n) is 5.70. The molecule has 0 amide bonds. The smallest absolute Gasteiger partial charge is 0.194 e. The highest BCUT2D eigenvalue weighted by Crippen LogP contribution is 2.40. The summed E-state index contributed by atoms with van der Waals surface area (Å²) in [6.45, 7) is 3.26. The molecule has 0 radical (unpaired) electrons. The van der Waals surface area contributed by atoms with Gasteiger partial charge in [0.25, 0.3) is 0 Å². The minimum atomic E-state index is -0.539. The molecule has 92 valence electrons. The van der Waals surface area contributed by atoms with Gasteiger partial charge in [-0.05, 0) is 19.8 Å². The number of hydrogen-bond donors (Lipinski definition) is 1. The number of fused-ring (bicyclic) bond motifs is 1. The van der Waals surface area contributed by atoms with Gasteiger partial charge in [0.15, 0.2) is 16.7 Å². The summed E-state index contributed by atoms with van der Waals surface area (Å²) in [4.78, 5) is 2.15. The van der Waals surface area contributed by atoms with Gasteiger partial charge in [0.1, 0.15) is 6.61 Å². The number of rotatable bonds is 1. The minimum Gasteiger partial charge on any atom is -0.488 e. The molecule has 2 heterocycles. The largest absolute Gasteiger partial charge is 0.488 e. The van der Waals surface area contributed by atoms with E-state index in [9.17, 15) is 5.11 Å². The zero-order valence-electron chi connectivity index (χ0n) is 9.56. The summed E-state index contributed by atoms with van der Waals surface area (Å²) in [6.07, 6.45) is 1.52. The quantitative estimate of drug-likeness (QED) is 0.818. The standard InChI is InChI=1S/C11H14ClN3O2/c1-11(16)5-7(6-11)15-2-3-17-8-4-9(12)13-14-10(8)15/h4,7,16H,2-3,5-6H2,1H3. The van der Waals surface area contributed by atoms with E-state index in [2.05, 4.69) is 15.1 Å². The summed E-state index contributed by atoms with van der Waals surface area (Å²) < 4.78 is 5.51. The summed E-state index contributed by atoms with van der Waals surface area (Å²) in [7, 11) is 0. The second-order valence-corrected chi connectivity index (χ2v) is 5.34. The average molecular weight is 256 g/mol. The Kier molecular flexibility index (Phi) is 2.41. The van der Waals surface area contributed by atoms with Crippen LogP contribution in [0.25, 0.3) is 0 Å². The van der Waals surface area contributed by atoms with E-state index in [-0.39, 0.29) is 0 Å². The van der Waals surface area contributed by atoms with Gasteiger partial charge in [0.2, 0.25) is 0 Å². The van der Waals surface area contributed by atoms with Crippen LogP contribution in [0.5, 0.6) is 5.75 Å². The lowest BCUT2D eigenvalue weighted by Gasteiger charge is -2.48. The maximum atomic E-state index is 9.79. The van der Waals surface area contributed by atoms with Crippen molar-refractivity contribution in [2.24, 2.45) is 0 Å². The number of anilines is 1. The molecule has 6 heteroatoms. The summed E-state index contributed by atoms with van der Waals surface area (Å²) in [5.41, 5.74) is -0.539. The van der Waals surface area contributed by atoms with Crippen LogP contribution in [-0.4, -0.2) is 40.1 Å². The van der Waals surface area contributed by atoms with Crippen molar-refractivity contribution < 1.29 is 9.84 Å². The fraction of sp³-hybridized carbons (Fsp3) is 0.636. The van der Waals surface area contributed by atoms with Gasteiger partial charge in [-0.1, -0.05) is 11.6 Å². The molecule has 0 saturated heterocycles. The predicted octanol–water partition coefficient (Wildman–Crippen LogP) is 1.24. The number of hydrogen-bond acceptors (Lipinski definition) is 5. The van der Waals surface area contributed by atoms with Crippen molar-refractivity contribution in [3.8, 4) is 5.75 Å². The second kappa shape index (κ2) is 3.71. The minimum absolute atomic E-state index is 0.322. The molecule has 2 aliphatic rings. The van der Waals surface area contributed by atoms with Crippen LogP contribution >= 0.6 is 11.6 Å². The molecule has 1 N–H and O–H groups in total. The van der Waals surface area contributed by atoms with Gasteiger partial charge in [-0.3, -0.25) is 0 Å². The van der Waals surface area contributed by atoms with Crippen LogP contribution in [0, 0.1) is 0 Å². The Morgan fingerprint density at radius 3 is 3.00 bits per heavy atom. The molecule has 0 aromatic carbocycles. The highest BCUT2D eigenvalue weighted by atomic mass is 35.5. The van der Waals surface area contributed by atoms with Crippen LogP contribution in [0.3, 0.4) is 0 Å². The molecule has 0 bridgehead atoms. The first-order valence-corrected chi connectivity index (χ1v) is 6.08. The van der Waals surface area contributed by atoms with Gasteiger partial charge >= 0.3 is 0 Å². The summed E-state index contributed by atoms with van der Waals surface area (Å²) in [5.74, 6) is 1.42. The van der Waals surface area contributed by atoms with Crippen LogP contribution in [0.2, 0.25) is 5.15 Å². The van der Waals surface area contributed by atoms with E-state index in [1.54, 1.807) is 6.07 Å². The number of halogens is 1. The second-order valence-electron chi connectivity index (χ2n) is 4.96. The third kappa shape index (κ3) is 1.93. The normalized spacial score (nSPS) is 31.5. The fourth-order valence-corrected chi connectivity index (χ4v) is 2.68. The molecule has 3 rings (SSSR count). The molecule has 1 aromatic rings. The fourth-order valence-electron chi connectivity index (χ4n) is 2.54. The van der Waals surface area contributed by atoms with Crippen LogP contribution < -0.4 is 9.64 Å².